The van der Waals surface area contributed by atoms with E-state index in [0.717, 1.165) is 0 Å². The van der Waals surface area contributed by atoms with E-state index in [9.17, 15) is 14.3 Å². The standard InChI is InChI=1S/C15H18FN3O3/c1-10-18-15(22-19-10)4-2-3-14(21)17-9-13(20)11-5-7-12(16)8-6-11/h5-8,13,20H,2-4,9H2,1H3,(H,17,21). The van der Waals surface area contributed by atoms with Crippen molar-refractivity contribution >= 4 is 5.91 Å². The van der Waals surface area contributed by atoms with Gasteiger partial charge in [0, 0.05) is 19.4 Å². The van der Waals surface area contributed by atoms with E-state index in [0.29, 0.717) is 36.5 Å². The fraction of sp³-hybridized carbons (Fsp3) is 0.400. The van der Waals surface area contributed by atoms with Crippen LogP contribution in [-0.2, 0) is 11.2 Å². The topological polar surface area (TPSA) is 88.2 Å². The van der Waals surface area contributed by atoms with Crippen LogP contribution in [0, 0.1) is 12.7 Å². The number of nitrogens with zero attached hydrogens (tertiary/aromatic N) is 2. The minimum atomic E-state index is -0.858. The highest BCUT2D eigenvalue weighted by atomic mass is 19.1. The maximum Gasteiger partial charge on any atom is 0.226 e. The molecule has 0 aliphatic heterocycles. The third-order valence-corrected chi connectivity index (χ3v) is 3.11. The second kappa shape index (κ2) is 7.65. The van der Waals surface area contributed by atoms with Crippen LogP contribution in [0.25, 0.3) is 0 Å². The maximum absolute atomic E-state index is 12.8. The molecule has 22 heavy (non-hydrogen) atoms. The van der Waals surface area contributed by atoms with E-state index in [2.05, 4.69) is 15.5 Å². The summed E-state index contributed by atoms with van der Waals surface area (Å²) >= 11 is 0. The van der Waals surface area contributed by atoms with Crippen molar-refractivity contribution in [1.29, 1.82) is 0 Å². The number of amides is 1. The molecule has 1 amide bonds. The Kier molecular flexibility index (Phi) is 5.60. The van der Waals surface area contributed by atoms with Gasteiger partial charge in [-0.05, 0) is 31.0 Å². The summed E-state index contributed by atoms with van der Waals surface area (Å²) in [4.78, 5) is 15.7. The first-order valence-electron chi connectivity index (χ1n) is 7.04. The maximum atomic E-state index is 12.8. The normalized spacial score (nSPS) is 12.1. The number of hydrogen-bond acceptors (Lipinski definition) is 5. The minimum Gasteiger partial charge on any atom is -0.387 e. The van der Waals surface area contributed by atoms with Gasteiger partial charge in [0.1, 0.15) is 5.82 Å². The van der Waals surface area contributed by atoms with Gasteiger partial charge in [0.05, 0.1) is 6.10 Å². The molecule has 118 valence electrons. The Labute approximate surface area is 127 Å². The molecule has 6 nitrogen and oxygen atoms in total. The molecule has 0 fully saturated rings. The van der Waals surface area contributed by atoms with Crippen LogP contribution in [0.4, 0.5) is 4.39 Å². The molecule has 0 saturated carbocycles. The Morgan fingerprint density at radius 3 is 2.77 bits per heavy atom. The Morgan fingerprint density at radius 2 is 2.14 bits per heavy atom. The lowest BCUT2D eigenvalue weighted by molar-refractivity contribution is -0.121. The quantitative estimate of drug-likeness (QED) is 0.812. The van der Waals surface area contributed by atoms with E-state index in [4.69, 9.17) is 4.52 Å². The predicted octanol–water partition coefficient (Wildman–Crippen LogP) is 1.69. The first-order chi connectivity index (χ1) is 10.5. The molecule has 2 aromatic rings. The third kappa shape index (κ3) is 4.92. The number of aromatic nitrogens is 2. The van der Waals surface area contributed by atoms with Gasteiger partial charge < -0.3 is 14.9 Å². The fourth-order valence-corrected chi connectivity index (χ4v) is 1.94. The van der Waals surface area contributed by atoms with Crippen LogP contribution in [0.15, 0.2) is 28.8 Å². The summed E-state index contributed by atoms with van der Waals surface area (Å²) in [5.74, 6) is 0.548. The van der Waals surface area contributed by atoms with E-state index in [-0.39, 0.29) is 18.3 Å². The van der Waals surface area contributed by atoms with Gasteiger partial charge in [-0.1, -0.05) is 17.3 Å². The van der Waals surface area contributed by atoms with Crippen molar-refractivity contribution < 1.29 is 18.8 Å². The molecule has 0 spiro atoms. The first kappa shape index (κ1) is 16.1. The predicted molar refractivity (Wildman–Crippen MR) is 76.3 cm³/mol. The summed E-state index contributed by atoms with van der Waals surface area (Å²) in [6, 6.07) is 5.52. The zero-order chi connectivity index (χ0) is 15.9. The number of aliphatic hydroxyl groups is 1. The van der Waals surface area contributed by atoms with Crippen LogP contribution in [0.3, 0.4) is 0 Å². The Hall–Kier alpha value is -2.28. The van der Waals surface area contributed by atoms with Crippen LogP contribution < -0.4 is 5.32 Å². The summed E-state index contributed by atoms with van der Waals surface area (Å²) in [5.41, 5.74) is 0.558. The largest absolute Gasteiger partial charge is 0.387 e. The monoisotopic (exact) mass is 307 g/mol. The third-order valence-electron chi connectivity index (χ3n) is 3.11. The second-order valence-electron chi connectivity index (χ2n) is 4.96. The molecule has 0 aliphatic rings. The van der Waals surface area contributed by atoms with Crippen molar-refractivity contribution in [3.05, 3.63) is 47.4 Å². The molecule has 1 heterocycles. The molecule has 0 radical (unpaired) electrons. The highest BCUT2D eigenvalue weighted by Crippen LogP contribution is 2.12. The molecule has 1 atom stereocenters. The van der Waals surface area contributed by atoms with Gasteiger partial charge in [-0.15, -0.1) is 0 Å². The van der Waals surface area contributed by atoms with Crippen LogP contribution in [0.1, 0.15) is 36.2 Å². The zero-order valence-corrected chi connectivity index (χ0v) is 12.3. The molecule has 7 heteroatoms. The van der Waals surface area contributed by atoms with Gasteiger partial charge in [0.25, 0.3) is 0 Å². The Bertz CT molecular complexity index is 613. The molecular weight excluding hydrogens is 289 g/mol. The number of carbonyl (C=O) groups is 1. The first-order valence-corrected chi connectivity index (χ1v) is 7.04. The van der Waals surface area contributed by atoms with Gasteiger partial charge >= 0.3 is 0 Å². The van der Waals surface area contributed by atoms with Gasteiger partial charge in [0.15, 0.2) is 5.82 Å². The number of benzene rings is 1. The molecule has 2 N–H and O–H groups in total. The van der Waals surface area contributed by atoms with E-state index in [1.165, 1.54) is 24.3 Å². The van der Waals surface area contributed by atoms with Crippen LogP contribution in [0.2, 0.25) is 0 Å². The van der Waals surface area contributed by atoms with Gasteiger partial charge in [-0.25, -0.2) is 4.39 Å². The van der Waals surface area contributed by atoms with Crippen LogP contribution >= 0.6 is 0 Å². The number of rotatable bonds is 7. The zero-order valence-electron chi connectivity index (χ0n) is 12.3. The molecule has 1 unspecified atom stereocenters. The average Bonchev–Trinajstić information content (AvgIpc) is 2.91. The molecule has 1 aromatic carbocycles. The van der Waals surface area contributed by atoms with Crippen molar-refractivity contribution in [2.45, 2.75) is 32.3 Å². The summed E-state index contributed by atoms with van der Waals surface area (Å²) in [6.45, 7) is 1.82. The Balaban J connectivity index is 1.67. The van der Waals surface area contributed by atoms with E-state index < -0.39 is 6.10 Å². The van der Waals surface area contributed by atoms with Gasteiger partial charge in [0.2, 0.25) is 11.8 Å². The number of halogens is 1. The molecular formula is C15H18FN3O3. The highest BCUT2D eigenvalue weighted by Gasteiger charge is 2.10. The van der Waals surface area contributed by atoms with E-state index in [1.54, 1.807) is 6.92 Å². The van der Waals surface area contributed by atoms with Crippen molar-refractivity contribution in [3.63, 3.8) is 0 Å². The average molecular weight is 307 g/mol. The van der Waals surface area contributed by atoms with Crippen LogP contribution in [-0.4, -0.2) is 27.7 Å². The summed E-state index contributed by atoms with van der Waals surface area (Å²) in [5, 5.41) is 16.2. The minimum absolute atomic E-state index is 0.0874. The van der Waals surface area contributed by atoms with E-state index >= 15 is 0 Å². The second-order valence-corrected chi connectivity index (χ2v) is 4.96. The van der Waals surface area contributed by atoms with Crippen LogP contribution in [0.5, 0.6) is 0 Å². The van der Waals surface area contributed by atoms with Crippen molar-refractivity contribution in [2.75, 3.05) is 6.54 Å². The lowest BCUT2D eigenvalue weighted by Crippen LogP contribution is -2.28. The summed E-state index contributed by atoms with van der Waals surface area (Å²) in [6.07, 6.45) is 0.565. The number of carbonyl (C=O) groups excluding carboxylic acids is 1. The lowest BCUT2D eigenvalue weighted by atomic mass is 10.1. The van der Waals surface area contributed by atoms with Gasteiger partial charge in [-0.2, -0.15) is 4.98 Å². The summed E-state index contributed by atoms with van der Waals surface area (Å²) in [7, 11) is 0. The van der Waals surface area contributed by atoms with Crippen molar-refractivity contribution in [3.8, 4) is 0 Å². The Morgan fingerprint density at radius 1 is 1.41 bits per heavy atom. The number of aliphatic hydroxyl groups excluding tert-OH is 1. The fourth-order valence-electron chi connectivity index (χ4n) is 1.94. The van der Waals surface area contributed by atoms with Crippen molar-refractivity contribution in [1.82, 2.24) is 15.5 Å². The molecule has 0 bridgehead atoms. The number of nitrogens with one attached hydrogen (secondary N) is 1. The lowest BCUT2D eigenvalue weighted by Gasteiger charge is -2.12. The SMILES string of the molecule is Cc1noc(CCCC(=O)NCC(O)c2ccc(F)cc2)n1. The smallest absolute Gasteiger partial charge is 0.226 e. The highest BCUT2D eigenvalue weighted by molar-refractivity contribution is 5.75. The number of aryl methyl sites for hydroxylation is 2. The molecule has 1 aromatic heterocycles. The van der Waals surface area contributed by atoms with Crippen molar-refractivity contribution in [2.24, 2.45) is 0 Å². The number of hydrogen-bond donors (Lipinski definition) is 2. The molecule has 0 saturated heterocycles. The summed E-state index contributed by atoms with van der Waals surface area (Å²) < 4.78 is 17.7. The van der Waals surface area contributed by atoms with Gasteiger partial charge in [-0.3, -0.25) is 4.79 Å². The van der Waals surface area contributed by atoms with E-state index in [1.807, 2.05) is 0 Å². The molecule has 2 rings (SSSR count). The molecule has 0 aliphatic carbocycles.